The minimum Gasteiger partial charge on any atom is -0.545 e. The smallest absolute Gasteiger partial charge is 0.101 e. The van der Waals surface area contributed by atoms with Crippen molar-refractivity contribution in [3.05, 3.63) is 12.2 Å². The highest BCUT2D eigenvalue weighted by Crippen LogP contribution is 2.06. The molecule has 0 radical (unpaired) electrons. The lowest BCUT2D eigenvalue weighted by molar-refractivity contribution is -0.870. The van der Waals surface area contributed by atoms with E-state index in [1.165, 1.54) is 32.1 Å². The molecule has 0 amide bonds. The van der Waals surface area contributed by atoms with Crippen molar-refractivity contribution >= 4 is 5.97 Å². The van der Waals surface area contributed by atoms with E-state index in [4.69, 9.17) is 5.11 Å². The van der Waals surface area contributed by atoms with Gasteiger partial charge in [-0.1, -0.05) is 45.1 Å². The van der Waals surface area contributed by atoms with E-state index in [9.17, 15) is 9.90 Å². The number of hydrogen-bond acceptors (Lipinski definition) is 3. The molecule has 0 aromatic rings. The summed E-state index contributed by atoms with van der Waals surface area (Å²) < 4.78 is 0.844. The van der Waals surface area contributed by atoms with Gasteiger partial charge in [-0.3, -0.25) is 0 Å². The summed E-state index contributed by atoms with van der Waals surface area (Å²) >= 11 is 0. The van der Waals surface area contributed by atoms with Crippen molar-refractivity contribution in [1.82, 2.24) is 0 Å². The van der Waals surface area contributed by atoms with Crippen molar-refractivity contribution in [3.8, 4) is 0 Å². The SMILES string of the molecule is CCCCCCCCC=CC(=O)[O-].C[N+](C)(C)CCO. The third-order valence-electron chi connectivity index (χ3n) is 2.75. The van der Waals surface area contributed by atoms with Gasteiger partial charge >= 0.3 is 0 Å². The van der Waals surface area contributed by atoms with E-state index in [0.717, 1.165) is 29.9 Å². The highest BCUT2D eigenvalue weighted by molar-refractivity contribution is 5.77. The topological polar surface area (TPSA) is 60.4 Å². The molecule has 0 atom stereocenters. The number of hydrogen-bond donors (Lipinski definition) is 1. The fourth-order valence-corrected chi connectivity index (χ4v) is 1.52. The molecule has 0 rings (SSSR count). The average Bonchev–Trinajstić information content (AvgIpc) is 2.31. The fourth-order valence-electron chi connectivity index (χ4n) is 1.52. The lowest BCUT2D eigenvalue weighted by atomic mass is 10.1. The first-order valence-corrected chi connectivity index (χ1v) is 7.62. The summed E-state index contributed by atoms with van der Waals surface area (Å²) in [6.07, 6.45) is 11.1. The van der Waals surface area contributed by atoms with Crippen LogP contribution in [-0.2, 0) is 4.79 Å². The summed E-state index contributed by atoms with van der Waals surface area (Å²) in [6, 6.07) is 0. The van der Waals surface area contributed by atoms with Crippen LogP contribution < -0.4 is 5.11 Å². The first kappa shape index (κ1) is 21.4. The Morgan fingerprint density at radius 2 is 1.65 bits per heavy atom. The molecule has 0 aliphatic rings. The number of aliphatic hydroxyl groups excluding tert-OH is 1. The molecule has 0 aliphatic carbocycles. The summed E-state index contributed by atoms with van der Waals surface area (Å²) in [5.41, 5.74) is 0. The second-order valence-corrected chi connectivity index (χ2v) is 6.02. The van der Waals surface area contributed by atoms with Crippen molar-refractivity contribution in [2.45, 2.75) is 51.9 Å². The van der Waals surface area contributed by atoms with E-state index >= 15 is 0 Å². The molecule has 0 heterocycles. The second kappa shape index (κ2) is 14.5. The van der Waals surface area contributed by atoms with Gasteiger partial charge in [0.1, 0.15) is 6.54 Å². The highest BCUT2D eigenvalue weighted by atomic mass is 16.4. The highest BCUT2D eigenvalue weighted by Gasteiger charge is 2.02. The number of allylic oxidation sites excluding steroid dienone is 1. The van der Waals surface area contributed by atoms with Crippen LogP contribution in [0.2, 0.25) is 0 Å². The summed E-state index contributed by atoms with van der Waals surface area (Å²) in [5.74, 6) is -1.09. The molecule has 0 fully saturated rings. The van der Waals surface area contributed by atoms with E-state index in [1.54, 1.807) is 6.08 Å². The molecule has 4 heteroatoms. The molecule has 20 heavy (non-hydrogen) atoms. The van der Waals surface area contributed by atoms with Crippen molar-refractivity contribution in [1.29, 1.82) is 0 Å². The first-order chi connectivity index (χ1) is 9.33. The van der Waals surface area contributed by atoms with E-state index in [2.05, 4.69) is 28.1 Å². The number of quaternary nitrogens is 1. The third kappa shape index (κ3) is 25.9. The maximum atomic E-state index is 9.98. The molecule has 0 aromatic heterocycles. The van der Waals surface area contributed by atoms with Gasteiger partial charge in [0.2, 0.25) is 0 Å². The number of rotatable bonds is 10. The Hall–Kier alpha value is -0.870. The van der Waals surface area contributed by atoms with Crippen LogP contribution in [0.3, 0.4) is 0 Å². The summed E-state index contributed by atoms with van der Waals surface area (Å²) in [7, 11) is 6.16. The van der Waals surface area contributed by atoms with Crippen LogP contribution in [0.1, 0.15) is 51.9 Å². The van der Waals surface area contributed by atoms with Gasteiger partial charge in [0.25, 0.3) is 0 Å². The molecular formula is C16H33NO3. The summed E-state index contributed by atoms with van der Waals surface area (Å²) in [6.45, 7) is 3.31. The van der Waals surface area contributed by atoms with E-state index in [-0.39, 0.29) is 6.61 Å². The quantitative estimate of drug-likeness (QED) is 0.378. The Morgan fingerprint density at radius 1 is 1.10 bits per heavy atom. The van der Waals surface area contributed by atoms with Gasteiger partial charge in [0.05, 0.1) is 33.7 Å². The van der Waals surface area contributed by atoms with E-state index in [0.29, 0.717) is 0 Å². The molecule has 0 aliphatic heterocycles. The predicted octanol–water partition coefficient (Wildman–Crippen LogP) is 1.73. The maximum Gasteiger partial charge on any atom is 0.101 e. The number of carboxylic acids is 1. The Balaban J connectivity index is 0. The monoisotopic (exact) mass is 287 g/mol. The number of carbonyl (C=O) groups is 1. The molecule has 4 nitrogen and oxygen atoms in total. The van der Waals surface area contributed by atoms with Gasteiger partial charge in [0, 0.05) is 0 Å². The Kier molecular flexibility index (Phi) is 15.6. The number of carboxylic acid groups (broad SMARTS) is 1. The van der Waals surface area contributed by atoms with Crippen LogP contribution in [0.4, 0.5) is 0 Å². The minimum absolute atomic E-state index is 0.281. The Bertz CT molecular complexity index is 245. The lowest BCUT2D eigenvalue weighted by Crippen LogP contribution is -2.36. The van der Waals surface area contributed by atoms with Crippen molar-refractivity contribution in [3.63, 3.8) is 0 Å². The van der Waals surface area contributed by atoms with Gasteiger partial charge < -0.3 is 19.5 Å². The minimum atomic E-state index is -1.09. The van der Waals surface area contributed by atoms with Crippen LogP contribution in [0.5, 0.6) is 0 Å². The summed E-state index contributed by atoms with van der Waals surface area (Å²) in [4.78, 5) is 9.98. The maximum absolute atomic E-state index is 9.98. The van der Waals surface area contributed by atoms with Crippen LogP contribution in [-0.4, -0.2) is 49.9 Å². The van der Waals surface area contributed by atoms with E-state index in [1.807, 2.05) is 0 Å². The van der Waals surface area contributed by atoms with Crippen LogP contribution in [0.25, 0.3) is 0 Å². The van der Waals surface area contributed by atoms with E-state index < -0.39 is 5.97 Å². The van der Waals surface area contributed by atoms with Crippen LogP contribution >= 0.6 is 0 Å². The molecule has 0 spiro atoms. The standard InChI is InChI=1S/C11H20O2.C5H14NO/c1-2-3-4-5-6-7-8-9-10-11(12)13;1-6(2,3)4-5-7/h9-10H,2-8H2,1H3,(H,12,13);7H,4-5H2,1-3H3/q;+1/p-1. The fraction of sp³-hybridized carbons (Fsp3) is 0.812. The molecule has 1 N–H and O–H groups in total. The summed E-state index contributed by atoms with van der Waals surface area (Å²) in [5, 5.41) is 18.4. The largest absolute Gasteiger partial charge is 0.545 e. The Morgan fingerprint density at radius 3 is 2.05 bits per heavy atom. The van der Waals surface area contributed by atoms with Crippen molar-refractivity contribution < 1.29 is 19.5 Å². The average molecular weight is 287 g/mol. The number of unbranched alkanes of at least 4 members (excludes halogenated alkanes) is 6. The zero-order valence-corrected chi connectivity index (χ0v) is 13.7. The van der Waals surface area contributed by atoms with Gasteiger partial charge in [0.15, 0.2) is 0 Å². The molecule has 0 bridgehead atoms. The number of carbonyl (C=O) groups excluding carboxylic acids is 1. The Labute approximate surface area is 124 Å². The molecule has 120 valence electrons. The number of likely N-dealkylation sites (N-methyl/N-ethyl adjacent to an activating group) is 1. The van der Waals surface area contributed by atoms with Crippen LogP contribution in [0, 0.1) is 0 Å². The third-order valence-corrected chi connectivity index (χ3v) is 2.75. The molecular weight excluding hydrogens is 254 g/mol. The van der Waals surface area contributed by atoms with Crippen molar-refractivity contribution in [2.75, 3.05) is 34.3 Å². The predicted molar refractivity (Wildman–Crippen MR) is 82.1 cm³/mol. The zero-order valence-electron chi connectivity index (χ0n) is 13.7. The zero-order chi connectivity index (χ0) is 15.9. The number of aliphatic hydroxyl groups is 1. The van der Waals surface area contributed by atoms with Crippen molar-refractivity contribution in [2.24, 2.45) is 0 Å². The molecule has 0 unspecified atom stereocenters. The first-order valence-electron chi connectivity index (χ1n) is 7.62. The number of aliphatic carboxylic acids is 1. The lowest BCUT2D eigenvalue weighted by Gasteiger charge is -2.21. The van der Waals surface area contributed by atoms with Gasteiger partial charge in [-0.25, -0.2) is 0 Å². The van der Waals surface area contributed by atoms with Gasteiger partial charge in [-0.15, -0.1) is 0 Å². The number of nitrogens with zero attached hydrogens (tertiary/aromatic N) is 1. The molecule has 0 saturated carbocycles. The normalized spacial score (nSPS) is 11.2. The van der Waals surface area contributed by atoms with Gasteiger partial charge in [-0.2, -0.15) is 0 Å². The molecule has 0 aromatic carbocycles. The van der Waals surface area contributed by atoms with Crippen LogP contribution in [0.15, 0.2) is 12.2 Å². The molecule has 0 saturated heterocycles. The van der Waals surface area contributed by atoms with Gasteiger partial charge in [-0.05, 0) is 18.9 Å². The second-order valence-electron chi connectivity index (χ2n) is 6.02.